The molecule has 1 aromatic rings. The van der Waals surface area contributed by atoms with Gasteiger partial charge in [0.1, 0.15) is 5.82 Å². The normalized spacial score (nSPS) is 17.6. The zero-order valence-electron chi connectivity index (χ0n) is 8.99. The van der Waals surface area contributed by atoms with E-state index in [1.165, 1.54) is 12.1 Å². The number of benzene rings is 1. The summed E-state index contributed by atoms with van der Waals surface area (Å²) >= 11 is 1.72. The van der Waals surface area contributed by atoms with Crippen molar-refractivity contribution in [2.45, 2.75) is 29.6 Å². The number of halogens is 1. The van der Waals surface area contributed by atoms with Gasteiger partial charge in [-0.1, -0.05) is 0 Å². The quantitative estimate of drug-likeness (QED) is 0.883. The van der Waals surface area contributed by atoms with E-state index in [2.05, 4.69) is 0 Å². The first-order chi connectivity index (χ1) is 7.79. The van der Waals surface area contributed by atoms with Crippen molar-refractivity contribution in [3.05, 3.63) is 29.6 Å². The lowest BCUT2D eigenvalue weighted by Crippen LogP contribution is -2.17. The van der Waals surface area contributed by atoms with Gasteiger partial charge >= 0.3 is 0 Å². The van der Waals surface area contributed by atoms with E-state index in [9.17, 15) is 4.39 Å². The number of thioether (sulfide) groups is 1. The maximum absolute atomic E-state index is 13.0. The van der Waals surface area contributed by atoms with Crippen molar-refractivity contribution in [2.24, 2.45) is 0 Å². The maximum atomic E-state index is 13.0. The summed E-state index contributed by atoms with van der Waals surface area (Å²) in [6, 6.07) is 4.60. The molecule has 0 aromatic heterocycles. The van der Waals surface area contributed by atoms with Crippen molar-refractivity contribution in [2.75, 3.05) is 13.2 Å². The highest BCUT2D eigenvalue weighted by atomic mass is 32.2. The highest BCUT2D eigenvalue weighted by molar-refractivity contribution is 8.00. The molecule has 0 aliphatic carbocycles. The van der Waals surface area contributed by atoms with E-state index < -0.39 is 0 Å². The molecule has 2 rings (SSSR count). The van der Waals surface area contributed by atoms with Crippen LogP contribution in [0.15, 0.2) is 23.1 Å². The number of hydrogen-bond acceptors (Lipinski definition) is 3. The molecular weight excluding hydrogens is 227 g/mol. The van der Waals surface area contributed by atoms with Crippen LogP contribution in [0.1, 0.15) is 18.4 Å². The van der Waals surface area contributed by atoms with Gasteiger partial charge in [-0.15, -0.1) is 11.8 Å². The van der Waals surface area contributed by atoms with E-state index >= 15 is 0 Å². The molecule has 1 heterocycles. The molecule has 0 radical (unpaired) electrons. The van der Waals surface area contributed by atoms with Gasteiger partial charge in [-0.2, -0.15) is 0 Å². The van der Waals surface area contributed by atoms with Crippen LogP contribution in [0, 0.1) is 5.82 Å². The predicted octanol–water partition coefficient (Wildman–Crippen LogP) is 2.59. The molecule has 1 saturated heterocycles. The smallest absolute Gasteiger partial charge is 0.123 e. The van der Waals surface area contributed by atoms with Crippen molar-refractivity contribution in [3.63, 3.8) is 0 Å². The summed E-state index contributed by atoms with van der Waals surface area (Å²) in [4.78, 5) is 0.982. The first-order valence-electron chi connectivity index (χ1n) is 5.43. The van der Waals surface area contributed by atoms with Crippen molar-refractivity contribution in [1.29, 1.82) is 0 Å². The standard InChI is InChI=1S/C12H15FO2S/c13-10-1-2-12(9(7-10)8-14)16-11-3-5-15-6-4-11/h1-2,7,11,14H,3-6,8H2. The molecule has 16 heavy (non-hydrogen) atoms. The number of aliphatic hydroxyl groups excluding tert-OH is 1. The Morgan fingerprint density at radius 2 is 2.12 bits per heavy atom. The monoisotopic (exact) mass is 242 g/mol. The second kappa shape index (κ2) is 5.66. The summed E-state index contributed by atoms with van der Waals surface area (Å²) in [5.41, 5.74) is 0.677. The molecule has 0 amide bonds. The van der Waals surface area contributed by atoms with E-state index in [1.807, 2.05) is 0 Å². The molecule has 1 aliphatic heterocycles. The fraction of sp³-hybridized carbons (Fsp3) is 0.500. The van der Waals surface area contributed by atoms with E-state index in [1.54, 1.807) is 17.8 Å². The Balaban J connectivity index is 2.07. The highest BCUT2D eigenvalue weighted by Crippen LogP contribution is 2.32. The van der Waals surface area contributed by atoms with Crippen LogP contribution < -0.4 is 0 Å². The van der Waals surface area contributed by atoms with Crippen LogP contribution in [0.5, 0.6) is 0 Å². The van der Waals surface area contributed by atoms with Crippen LogP contribution in [0.3, 0.4) is 0 Å². The molecule has 1 aliphatic rings. The fourth-order valence-electron chi connectivity index (χ4n) is 1.76. The van der Waals surface area contributed by atoms with Gasteiger partial charge in [0.05, 0.1) is 6.61 Å². The number of ether oxygens (including phenoxy) is 1. The Labute approximate surface area is 98.8 Å². The summed E-state index contributed by atoms with van der Waals surface area (Å²) in [5.74, 6) is -0.291. The minimum Gasteiger partial charge on any atom is -0.392 e. The molecule has 1 N–H and O–H groups in total. The third-order valence-corrected chi connectivity index (χ3v) is 4.11. The third-order valence-electron chi connectivity index (χ3n) is 2.65. The van der Waals surface area contributed by atoms with E-state index in [0.29, 0.717) is 10.8 Å². The second-order valence-electron chi connectivity index (χ2n) is 3.84. The Hall–Kier alpha value is -0.580. The molecular formula is C12H15FO2S. The van der Waals surface area contributed by atoms with E-state index in [4.69, 9.17) is 9.84 Å². The van der Waals surface area contributed by atoms with Crippen LogP contribution in [0.4, 0.5) is 4.39 Å². The molecule has 1 fully saturated rings. The van der Waals surface area contributed by atoms with Gasteiger partial charge in [-0.05, 0) is 36.6 Å². The first-order valence-corrected chi connectivity index (χ1v) is 6.31. The molecule has 1 aromatic carbocycles. The molecule has 4 heteroatoms. The number of rotatable bonds is 3. The van der Waals surface area contributed by atoms with Gasteiger partial charge < -0.3 is 9.84 Å². The zero-order valence-corrected chi connectivity index (χ0v) is 9.80. The lowest BCUT2D eigenvalue weighted by molar-refractivity contribution is 0.1000. The summed E-state index contributed by atoms with van der Waals surface area (Å²) in [6.07, 6.45) is 2.04. The first kappa shape index (κ1) is 11.9. The van der Waals surface area contributed by atoms with E-state index in [0.717, 1.165) is 31.0 Å². The van der Waals surface area contributed by atoms with Crippen LogP contribution in [0.2, 0.25) is 0 Å². The Bertz CT molecular complexity index is 351. The minimum atomic E-state index is -0.291. The maximum Gasteiger partial charge on any atom is 0.123 e. The average molecular weight is 242 g/mol. The van der Waals surface area contributed by atoms with Gasteiger partial charge in [0, 0.05) is 23.4 Å². The average Bonchev–Trinajstić information content (AvgIpc) is 2.33. The lowest BCUT2D eigenvalue weighted by atomic mass is 10.2. The zero-order chi connectivity index (χ0) is 11.4. The predicted molar refractivity (Wildman–Crippen MR) is 62.0 cm³/mol. The van der Waals surface area contributed by atoms with Gasteiger partial charge in [-0.25, -0.2) is 4.39 Å². The topological polar surface area (TPSA) is 29.5 Å². The SMILES string of the molecule is OCc1cc(F)ccc1SC1CCOCC1. The van der Waals surface area contributed by atoms with Gasteiger partial charge in [0.25, 0.3) is 0 Å². The largest absolute Gasteiger partial charge is 0.392 e. The van der Waals surface area contributed by atoms with Crippen LogP contribution in [-0.2, 0) is 11.3 Å². The summed E-state index contributed by atoms with van der Waals surface area (Å²) < 4.78 is 18.3. The van der Waals surface area contributed by atoms with Gasteiger partial charge in [0.15, 0.2) is 0 Å². The molecule has 0 atom stereocenters. The van der Waals surface area contributed by atoms with Crippen molar-refractivity contribution < 1.29 is 14.2 Å². The highest BCUT2D eigenvalue weighted by Gasteiger charge is 2.16. The molecule has 0 spiro atoms. The van der Waals surface area contributed by atoms with Crippen LogP contribution >= 0.6 is 11.8 Å². The Morgan fingerprint density at radius 1 is 1.38 bits per heavy atom. The third kappa shape index (κ3) is 2.97. The van der Waals surface area contributed by atoms with Gasteiger partial charge in [-0.3, -0.25) is 0 Å². The Kier molecular flexibility index (Phi) is 4.21. The molecule has 0 unspecified atom stereocenters. The fourth-order valence-corrected chi connectivity index (χ4v) is 2.97. The van der Waals surface area contributed by atoms with Crippen LogP contribution in [-0.4, -0.2) is 23.6 Å². The molecule has 0 saturated carbocycles. The number of hydrogen-bond donors (Lipinski definition) is 1. The molecule has 2 nitrogen and oxygen atoms in total. The van der Waals surface area contributed by atoms with E-state index in [-0.39, 0.29) is 12.4 Å². The lowest BCUT2D eigenvalue weighted by Gasteiger charge is -2.22. The summed E-state index contributed by atoms with van der Waals surface area (Å²) in [7, 11) is 0. The Morgan fingerprint density at radius 3 is 2.81 bits per heavy atom. The van der Waals surface area contributed by atoms with Crippen LogP contribution in [0.25, 0.3) is 0 Å². The minimum absolute atomic E-state index is 0.108. The summed E-state index contributed by atoms with van der Waals surface area (Å²) in [5, 5.41) is 9.69. The van der Waals surface area contributed by atoms with Crippen molar-refractivity contribution in [3.8, 4) is 0 Å². The molecule has 88 valence electrons. The second-order valence-corrected chi connectivity index (χ2v) is 5.18. The molecule has 0 bridgehead atoms. The van der Waals surface area contributed by atoms with Crippen molar-refractivity contribution >= 4 is 11.8 Å². The van der Waals surface area contributed by atoms with Gasteiger partial charge in [0.2, 0.25) is 0 Å². The van der Waals surface area contributed by atoms with Crippen molar-refractivity contribution in [1.82, 2.24) is 0 Å². The number of aliphatic hydroxyl groups is 1. The summed E-state index contributed by atoms with van der Waals surface area (Å²) in [6.45, 7) is 1.49.